The molecule has 0 radical (unpaired) electrons. The number of rotatable bonds is 4. The first kappa shape index (κ1) is 17.3. The molecular weight excluding hydrogens is 345 g/mol. The summed E-state index contributed by atoms with van der Waals surface area (Å²) in [6.45, 7) is 7.06. The minimum absolute atomic E-state index is 0.549. The Kier molecular flexibility index (Phi) is 4.55. The van der Waals surface area contributed by atoms with Gasteiger partial charge in [0.2, 0.25) is 5.95 Å². The van der Waals surface area contributed by atoms with Crippen LogP contribution < -0.4 is 10.6 Å². The summed E-state index contributed by atoms with van der Waals surface area (Å²) in [5.41, 5.74) is 2.94. The van der Waals surface area contributed by atoms with Gasteiger partial charge in [-0.25, -0.2) is 9.50 Å². The van der Waals surface area contributed by atoms with Crippen molar-refractivity contribution in [3.05, 3.63) is 48.3 Å². The van der Waals surface area contributed by atoms with Gasteiger partial charge in [0.05, 0.1) is 11.7 Å². The van der Waals surface area contributed by atoms with E-state index in [-0.39, 0.29) is 0 Å². The van der Waals surface area contributed by atoms with Crippen LogP contribution in [0, 0.1) is 6.92 Å². The summed E-state index contributed by atoms with van der Waals surface area (Å²) in [5.74, 6) is 0.549. The fraction of sp³-hybridized carbons (Fsp3) is 0.368. The zero-order chi connectivity index (χ0) is 18.1. The zero-order valence-corrected chi connectivity index (χ0v) is 16.1. The molecule has 0 unspecified atom stereocenters. The minimum Gasteiger partial charge on any atom is -0.323 e. The Labute approximate surface area is 153 Å². The number of benzene rings is 1. The van der Waals surface area contributed by atoms with E-state index < -0.39 is 7.14 Å². The third kappa shape index (κ3) is 3.27. The highest BCUT2D eigenvalue weighted by Crippen LogP contribution is 2.46. The number of aryl methyl sites for hydroxylation is 1. The molecule has 3 aromatic rings. The molecule has 136 valence electrons. The monoisotopic (exact) mass is 369 g/mol. The molecule has 7 heteroatoms. The lowest BCUT2D eigenvalue weighted by Crippen LogP contribution is -2.36. The van der Waals surface area contributed by atoms with Crippen molar-refractivity contribution < 1.29 is 4.57 Å². The quantitative estimate of drug-likeness (QED) is 0.716. The highest BCUT2D eigenvalue weighted by molar-refractivity contribution is 7.71. The van der Waals surface area contributed by atoms with Crippen LogP contribution in [0.4, 0.5) is 11.6 Å². The van der Waals surface area contributed by atoms with E-state index in [1.54, 1.807) is 6.20 Å². The summed E-state index contributed by atoms with van der Waals surface area (Å²) in [5, 5.41) is 8.72. The second kappa shape index (κ2) is 6.86. The van der Waals surface area contributed by atoms with Crippen molar-refractivity contribution in [2.45, 2.75) is 13.8 Å². The molecule has 26 heavy (non-hydrogen) atoms. The van der Waals surface area contributed by atoms with Crippen LogP contribution in [0.1, 0.15) is 12.6 Å². The van der Waals surface area contributed by atoms with Crippen LogP contribution in [0.15, 0.2) is 42.6 Å². The van der Waals surface area contributed by atoms with Crippen molar-refractivity contribution in [1.82, 2.24) is 19.5 Å². The zero-order valence-electron chi connectivity index (χ0n) is 15.2. The Bertz CT molecular complexity index is 954. The van der Waals surface area contributed by atoms with E-state index in [9.17, 15) is 4.57 Å². The van der Waals surface area contributed by atoms with Gasteiger partial charge in [0, 0.05) is 42.1 Å². The SMILES string of the molecule is CCN1CCP(=O)(c2ccc(Nc3ncc4ccc(C)n4n3)cc2)CC1. The first-order chi connectivity index (χ1) is 12.6. The van der Waals surface area contributed by atoms with Crippen molar-refractivity contribution >= 4 is 29.6 Å². The number of anilines is 2. The molecular formula is C19H24N5OP. The summed E-state index contributed by atoms with van der Waals surface area (Å²) in [6, 6.07) is 11.9. The molecule has 0 saturated carbocycles. The molecule has 3 heterocycles. The number of aromatic nitrogens is 3. The number of nitrogens with zero attached hydrogens (tertiary/aromatic N) is 4. The van der Waals surface area contributed by atoms with Gasteiger partial charge >= 0.3 is 0 Å². The Hall–Kier alpha value is -2.17. The molecule has 1 aliphatic rings. The van der Waals surface area contributed by atoms with Gasteiger partial charge in [-0.05, 0) is 49.9 Å². The number of fused-ring (bicyclic) bond motifs is 1. The minimum atomic E-state index is -2.25. The standard InChI is InChI=1S/C19H24N5OP/c1-3-23-10-12-26(25,13-11-23)18-8-5-16(6-9-18)21-19-20-14-17-7-4-15(2)24(17)22-19/h4-9,14H,3,10-13H2,1-2H3,(H,21,22). The summed E-state index contributed by atoms with van der Waals surface area (Å²) in [4.78, 5) is 6.72. The van der Waals surface area contributed by atoms with E-state index in [1.165, 1.54) is 0 Å². The van der Waals surface area contributed by atoms with Crippen molar-refractivity contribution in [2.24, 2.45) is 0 Å². The molecule has 1 saturated heterocycles. The van der Waals surface area contributed by atoms with Crippen LogP contribution in [0.5, 0.6) is 0 Å². The normalized spacial score (nSPS) is 17.5. The van der Waals surface area contributed by atoms with Gasteiger partial charge in [0.15, 0.2) is 0 Å². The van der Waals surface area contributed by atoms with Crippen LogP contribution in [0.25, 0.3) is 5.52 Å². The Morgan fingerprint density at radius 2 is 1.85 bits per heavy atom. The average Bonchev–Trinajstić information content (AvgIpc) is 3.03. The molecule has 0 amide bonds. The molecule has 0 aliphatic carbocycles. The van der Waals surface area contributed by atoms with Crippen molar-refractivity contribution in [2.75, 3.05) is 37.3 Å². The maximum Gasteiger partial charge on any atom is 0.245 e. The van der Waals surface area contributed by atoms with Crippen LogP contribution in [-0.2, 0) is 4.57 Å². The van der Waals surface area contributed by atoms with Crippen LogP contribution in [0.2, 0.25) is 0 Å². The van der Waals surface area contributed by atoms with Crippen LogP contribution in [-0.4, -0.2) is 51.5 Å². The van der Waals surface area contributed by atoms with Crippen molar-refractivity contribution in [1.29, 1.82) is 0 Å². The van der Waals surface area contributed by atoms with Gasteiger partial charge < -0.3 is 14.8 Å². The van der Waals surface area contributed by atoms with E-state index in [4.69, 9.17) is 0 Å². The summed E-state index contributed by atoms with van der Waals surface area (Å²) >= 11 is 0. The second-order valence-electron chi connectivity index (χ2n) is 6.84. The van der Waals surface area contributed by atoms with Crippen molar-refractivity contribution in [3.63, 3.8) is 0 Å². The Balaban J connectivity index is 1.50. The van der Waals surface area contributed by atoms with Gasteiger partial charge in [-0.15, -0.1) is 5.10 Å². The van der Waals surface area contributed by atoms with Gasteiger partial charge in [-0.3, -0.25) is 0 Å². The average molecular weight is 369 g/mol. The predicted octanol–water partition coefficient (Wildman–Crippen LogP) is 3.11. The molecule has 0 atom stereocenters. The van der Waals surface area contributed by atoms with Gasteiger partial charge in [-0.1, -0.05) is 6.92 Å². The van der Waals surface area contributed by atoms with E-state index >= 15 is 0 Å². The molecule has 6 nitrogen and oxygen atoms in total. The van der Waals surface area contributed by atoms with Crippen LogP contribution in [0.3, 0.4) is 0 Å². The topological polar surface area (TPSA) is 62.5 Å². The lowest BCUT2D eigenvalue weighted by Gasteiger charge is -2.31. The highest BCUT2D eigenvalue weighted by Gasteiger charge is 2.29. The van der Waals surface area contributed by atoms with E-state index in [2.05, 4.69) is 27.2 Å². The van der Waals surface area contributed by atoms with E-state index in [1.807, 2.05) is 47.8 Å². The first-order valence-corrected chi connectivity index (χ1v) is 11.1. The third-order valence-corrected chi connectivity index (χ3v) is 8.27. The highest BCUT2D eigenvalue weighted by atomic mass is 31.2. The lowest BCUT2D eigenvalue weighted by molar-refractivity contribution is 0.312. The third-order valence-electron chi connectivity index (χ3n) is 5.18. The number of nitrogens with one attached hydrogen (secondary N) is 1. The van der Waals surface area contributed by atoms with Gasteiger partial charge in [0.1, 0.15) is 7.14 Å². The van der Waals surface area contributed by atoms with Gasteiger partial charge in [0.25, 0.3) is 0 Å². The summed E-state index contributed by atoms with van der Waals surface area (Å²) in [7, 11) is -2.25. The molecule has 1 aliphatic heterocycles. The van der Waals surface area contributed by atoms with E-state index in [0.29, 0.717) is 5.95 Å². The number of hydrogen-bond acceptors (Lipinski definition) is 5. The first-order valence-electron chi connectivity index (χ1n) is 9.07. The Morgan fingerprint density at radius 1 is 1.12 bits per heavy atom. The number of hydrogen-bond donors (Lipinski definition) is 1. The maximum absolute atomic E-state index is 13.2. The smallest absolute Gasteiger partial charge is 0.245 e. The molecule has 1 N–H and O–H groups in total. The molecule has 2 aromatic heterocycles. The van der Waals surface area contributed by atoms with Crippen LogP contribution >= 0.6 is 7.14 Å². The maximum atomic E-state index is 13.2. The molecule has 1 fully saturated rings. The molecule has 4 rings (SSSR count). The van der Waals surface area contributed by atoms with Crippen molar-refractivity contribution in [3.8, 4) is 0 Å². The largest absolute Gasteiger partial charge is 0.323 e. The lowest BCUT2D eigenvalue weighted by atomic mass is 10.3. The summed E-state index contributed by atoms with van der Waals surface area (Å²) in [6.07, 6.45) is 3.36. The Morgan fingerprint density at radius 3 is 2.54 bits per heavy atom. The second-order valence-corrected chi connectivity index (χ2v) is 10.0. The predicted molar refractivity (Wildman–Crippen MR) is 107 cm³/mol. The molecule has 0 bridgehead atoms. The molecule has 0 spiro atoms. The molecule has 1 aromatic carbocycles. The van der Waals surface area contributed by atoms with Gasteiger partial charge in [-0.2, -0.15) is 0 Å². The fourth-order valence-electron chi connectivity index (χ4n) is 3.44. The fourth-order valence-corrected chi connectivity index (χ4v) is 6.08. The summed E-state index contributed by atoms with van der Waals surface area (Å²) < 4.78 is 15.1. The van der Waals surface area contributed by atoms with E-state index in [0.717, 1.165) is 54.2 Å².